The van der Waals surface area contributed by atoms with Crippen LogP contribution in [0.2, 0.25) is 0 Å². The number of rotatable bonds is 4. The summed E-state index contributed by atoms with van der Waals surface area (Å²) in [7, 11) is -3.65. The van der Waals surface area contributed by atoms with Gasteiger partial charge in [-0.2, -0.15) is 8.78 Å². The van der Waals surface area contributed by atoms with Crippen LogP contribution >= 0.6 is 0 Å². The summed E-state index contributed by atoms with van der Waals surface area (Å²) in [5, 5.41) is 0. The first-order chi connectivity index (χ1) is 14.4. The van der Waals surface area contributed by atoms with E-state index in [1.54, 1.807) is 0 Å². The Kier molecular flexibility index (Phi) is 6.00. The Hall–Kier alpha value is -3.06. The van der Waals surface area contributed by atoms with Gasteiger partial charge in [0, 0.05) is 0 Å². The van der Waals surface area contributed by atoms with Gasteiger partial charge >= 0.3 is 11.8 Å². The summed E-state index contributed by atoms with van der Waals surface area (Å²) in [4.78, 5) is 26.9. The molecule has 0 atom stereocenters. The third-order valence-electron chi connectivity index (χ3n) is 4.42. The van der Waals surface area contributed by atoms with Crippen LogP contribution in [0.4, 0.5) is 32.4 Å². The monoisotopic (exact) mass is 463 g/mol. The molecule has 0 bridgehead atoms. The molecule has 166 valence electrons. The predicted octanol–water partition coefficient (Wildman–Crippen LogP) is 3.03. The van der Waals surface area contributed by atoms with Gasteiger partial charge in [-0.25, -0.2) is 31.3 Å². The predicted molar refractivity (Wildman–Crippen MR) is 97.5 cm³/mol. The molecule has 0 saturated carbocycles. The highest BCUT2D eigenvalue weighted by Gasteiger charge is 2.37. The summed E-state index contributed by atoms with van der Waals surface area (Å²) in [5.41, 5.74) is -1.50. The molecule has 1 heterocycles. The smallest absolute Gasteiger partial charge is 0.277 e. The highest BCUT2D eigenvalue weighted by Crippen LogP contribution is 2.28. The van der Waals surface area contributed by atoms with Gasteiger partial charge in [-0.05, 0) is 37.4 Å². The number of carbonyl (C=O) groups excluding carboxylic acids is 2. The van der Waals surface area contributed by atoms with Crippen LogP contribution in [-0.2, 0) is 9.84 Å². The number of amides is 3. The minimum Gasteiger partial charge on any atom is -0.277 e. The fourth-order valence-electron chi connectivity index (χ4n) is 2.95. The lowest BCUT2D eigenvalue weighted by Gasteiger charge is -2.39. The zero-order chi connectivity index (χ0) is 23.1. The summed E-state index contributed by atoms with van der Waals surface area (Å²) < 4.78 is 90.9. The van der Waals surface area contributed by atoms with Crippen LogP contribution < -0.4 is 4.90 Å². The molecule has 1 saturated heterocycles. The fraction of sp³-hybridized carbons (Fsp3) is 0.222. The van der Waals surface area contributed by atoms with E-state index in [4.69, 9.17) is 0 Å². The van der Waals surface area contributed by atoms with E-state index in [1.807, 2.05) is 0 Å². The lowest BCUT2D eigenvalue weighted by atomic mass is 10.1. The first-order valence-corrected chi connectivity index (χ1v) is 10.1. The number of hydrogen-bond acceptors (Lipinski definition) is 5. The minimum atomic E-state index is -5.08. The molecule has 1 fully saturated rings. The molecule has 0 radical (unpaired) electrons. The number of imide groups is 1. The van der Waals surface area contributed by atoms with Crippen LogP contribution in [0.1, 0.15) is 10.4 Å². The van der Waals surface area contributed by atoms with Crippen molar-refractivity contribution in [3.05, 3.63) is 59.4 Å². The molecule has 0 N–H and O–H groups in total. The van der Waals surface area contributed by atoms with Gasteiger partial charge in [-0.1, -0.05) is 6.07 Å². The maximum atomic E-state index is 14.6. The van der Waals surface area contributed by atoms with Gasteiger partial charge in [0.2, 0.25) is 9.84 Å². The molecule has 0 aromatic heterocycles. The summed E-state index contributed by atoms with van der Waals surface area (Å²) in [5.74, 6) is -8.82. The number of alkyl halides is 2. The van der Waals surface area contributed by atoms with E-state index in [9.17, 15) is 40.0 Å². The van der Waals surface area contributed by atoms with Gasteiger partial charge in [0.1, 0.15) is 23.0 Å². The minimum absolute atomic E-state index is 0.278. The van der Waals surface area contributed by atoms with Gasteiger partial charge in [0.25, 0.3) is 5.91 Å². The summed E-state index contributed by atoms with van der Waals surface area (Å²) in [6.45, 7) is -0.651. The Bertz CT molecular complexity index is 1140. The number of sulfone groups is 1. The molecule has 2 aromatic rings. The standard InChI is InChI=1S/C18H14F5N3O4S/c1-24-8-25(14-6-5-10(7-13(14)21)31(29,30)17(22)23)18(28)26(9-24)16(27)15-11(19)3-2-4-12(15)20/h2-7,17H,8-9H2,1H3. The molecular weight excluding hydrogens is 449 g/mol. The SMILES string of the molecule is CN1CN(C(=O)c2c(F)cccc2F)C(=O)N(c2ccc(S(=O)(=O)C(F)F)cc2F)C1. The summed E-state index contributed by atoms with van der Waals surface area (Å²) in [6.07, 6.45) is 0. The average Bonchev–Trinajstić information content (AvgIpc) is 2.69. The van der Waals surface area contributed by atoms with E-state index < -0.39 is 61.1 Å². The van der Waals surface area contributed by atoms with Crippen molar-refractivity contribution in [2.75, 3.05) is 25.3 Å². The molecule has 3 rings (SSSR count). The number of hydrogen-bond donors (Lipinski definition) is 0. The highest BCUT2D eigenvalue weighted by molar-refractivity contribution is 7.91. The zero-order valence-corrected chi connectivity index (χ0v) is 16.5. The molecule has 2 aromatic carbocycles. The number of anilines is 1. The maximum Gasteiger partial charge on any atom is 0.341 e. The molecule has 1 aliphatic rings. The highest BCUT2D eigenvalue weighted by atomic mass is 32.2. The molecule has 1 aliphatic heterocycles. The number of benzene rings is 2. The van der Waals surface area contributed by atoms with Crippen LogP contribution in [0, 0.1) is 17.5 Å². The van der Waals surface area contributed by atoms with Crippen molar-refractivity contribution in [3.63, 3.8) is 0 Å². The number of carbonyl (C=O) groups is 2. The Morgan fingerprint density at radius 1 is 1.00 bits per heavy atom. The zero-order valence-electron chi connectivity index (χ0n) is 15.7. The van der Waals surface area contributed by atoms with Gasteiger partial charge in [-0.3, -0.25) is 14.6 Å². The van der Waals surface area contributed by atoms with E-state index in [1.165, 1.54) is 11.9 Å². The van der Waals surface area contributed by atoms with Gasteiger partial charge in [-0.15, -0.1) is 0 Å². The summed E-state index contributed by atoms with van der Waals surface area (Å²) >= 11 is 0. The van der Waals surface area contributed by atoms with E-state index in [2.05, 4.69) is 0 Å². The first kappa shape index (κ1) is 22.6. The Morgan fingerprint density at radius 2 is 1.61 bits per heavy atom. The van der Waals surface area contributed by atoms with Crippen molar-refractivity contribution < 1.29 is 40.0 Å². The molecule has 0 aliphatic carbocycles. The van der Waals surface area contributed by atoms with Crippen molar-refractivity contribution in [1.82, 2.24) is 9.80 Å². The van der Waals surface area contributed by atoms with Crippen LogP contribution in [0.5, 0.6) is 0 Å². The molecule has 13 heteroatoms. The van der Waals surface area contributed by atoms with Crippen molar-refractivity contribution in [1.29, 1.82) is 0 Å². The lowest BCUT2D eigenvalue weighted by Crippen LogP contribution is -2.59. The van der Waals surface area contributed by atoms with Crippen LogP contribution in [0.3, 0.4) is 0 Å². The van der Waals surface area contributed by atoms with Crippen molar-refractivity contribution in [2.45, 2.75) is 10.7 Å². The van der Waals surface area contributed by atoms with Crippen LogP contribution in [0.15, 0.2) is 41.3 Å². The van der Waals surface area contributed by atoms with Crippen LogP contribution in [0.25, 0.3) is 0 Å². The number of urea groups is 1. The fourth-order valence-corrected chi connectivity index (χ4v) is 3.68. The maximum absolute atomic E-state index is 14.6. The molecule has 31 heavy (non-hydrogen) atoms. The molecule has 3 amide bonds. The van der Waals surface area contributed by atoms with E-state index in [-0.39, 0.29) is 13.3 Å². The van der Waals surface area contributed by atoms with E-state index in [0.717, 1.165) is 24.3 Å². The third-order valence-corrected chi connectivity index (χ3v) is 5.80. The number of nitrogens with zero attached hydrogens (tertiary/aromatic N) is 3. The normalized spacial score (nSPS) is 15.6. The van der Waals surface area contributed by atoms with E-state index in [0.29, 0.717) is 21.9 Å². The van der Waals surface area contributed by atoms with Gasteiger partial charge in [0.15, 0.2) is 0 Å². The topological polar surface area (TPSA) is 78.0 Å². The quantitative estimate of drug-likeness (QED) is 0.652. The van der Waals surface area contributed by atoms with Gasteiger partial charge in [0.05, 0.1) is 23.9 Å². The van der Waals surface area contributed by atoms with Gasteiger partial charge < -0.3 is 0 Å². The Balaban J connectivity index is 1.98. The second kappa shape index (κ2) is 8.23. The largest absolute Gasteiger partial charge is 0.341 e. The summed E-state index contributed by atoms with van der Waals surface area (Å²) in [6, 6.07) is 3.33. The van der Waals surface area contributed by atoms with E-state index >= 15 is 0 Å². The van der Waals surface area contributed by atoms with Crippen molar-refractivity contribution >= 4 is 27.5 Å². The van der Waals surface area contributed by atoms with Crippen molar-refractivity contribution in [3.8, 4) is 0 Å². The lowest BCUT2D eigenvalue weighted by molar-refractivity contribution is 0.0670. The average molecular weight is 463 g/mol. The van der Waals surface area contributed by atoms with Crippen LogP contribution in [-0.4, -0.2) is 56.3 Å². The number of halogens is 5. The molecular formula is C18H14F5N3O4S. The molecule has 0 unspecified atom stereocenters. The Labute approximate surface area is 173 Å². The second-order valence-corrected chi connectivity index (χ2v) is 8.52. The first-order valence-electron chi connectivity index (χ1n) is 8.52. The molecule has 7 nitrogen and oxygen atoms in total. The third kappa shape index (κ3) is 4.10. The van der Waals surface area contributed by atoms with Crippen molar-refractivity contribution in [2.24, 2.45) is 0 Å². The molecule has 0 spiro atoms. The Morgan fingerprint density at radius 3 is 2.16 bits per heavy atom. The second-order valence-electron chi connectivity index (χ2n) is 6.60.